The van der Waals surface area contributed by atoms with Crippen LogP contribution in [0.15, 0.2) is 59.8 Å². The Labute approximate surface area is 210 Å². The predicted octanol–water partition coefficient (Wildman–Crippen LogP) is 3.60. The van der Waals surface area contributed by atoms with Crippen LogP contribution in [0.1, 0.15) is 16.7 Å². The predicted molar refractivity (Wildman–Crippen MR) is 133 cm³/mol. The molecule has 1 saturated heterocycles. The number of nitrogens with zero attached hydrogens (tertiary/aromatic N) is 2. The van der Waals surface area contributed by atoms with Gasteiger partial charge in [-0.15, -0.1) is 23.4 Å². The van der Waals surface area contributed by atoms with E-state index in [1.54, 1.807) is 55.7 Å². The molecule has 9 nitrogen and oxygen atoms in total. The van der Waals surface area contributed by atoms with Crippen LogP contribution in [0.3, 0.4) is 0 Å². The number of benzene rings is 2. The minimum Gasteiger partial charge on any atom is -0.497 e. The van der Waals surface area contributed by atoms with Gasteiger partial charge in [-0.25, -0.2) is 4.79 Å². The standard InChI is InChI=1S/C24H22ClN3O6S/c1-33-18-8-3-14(4-9-18)12-34-24(30)21-17(13-35-23-20(26)22(29)27(21)23)7-6-16-5-2-15(11-25)10-19(16)28(31)32/h2-10,20,23H,11-13,26H2,1H3/b7-6+. The molecule has 2 aliphatic heterocycles. The molecule has 0 aromatic heterocycles. The van der Waals surface area contributed by atoms with Crippen LogP contribution in [0.4, 0.5) is 5.69 Å². The summed E-state index contributed by atoms with van der Waals surface area (Å²) in [4.78, 5) is 38.0. The summed E-state index contributed by atoms with van der Waals surface area (Å²) in [6.07, 6.45) is 3.15. The number of thioether (sulfide) groups is 1. The Morgan fingerprint density at radius 2 is 1.97 bits per heavy atom. The maximum atomic E-state index is 13.1. The number of alkyl halides is 1. The van der Waals surface area contributed by atoms with Crippen LogP contribution < -0.4 is 10.5 Å². The number of fused-ring (bicyclic) bond motifs is 1. The fourth-order valence-corrected chi connectivity index (χ4v) is 5.19. The molecule has 35 heavy (non-hydrogen) atoms. The van der Waals surface area contributed by atoms with Crippen molar-refractivity contribution >= 4 is 47.0 Å². The van der Waals surface area contributed by atoms with E-state index >= 15 is 0 Å². The van der Waals surface area contributed by atoms with Crippen LogP contribution in [-0.4, -0.2) is 46.0 Å². The molecule has 4 rings (SSSR count). The Morgan fingerprint density at radius 3 is 2.63 bits per heavy atom. The number of carbonyl (C=O) groups is 2. The number of nitro groups is 1. The maximum Gasteiger partial charge on any atom is 0.355 e. The number of carbonyl (C=O) groups excluding carboxylic acids is 2. The number of esters is 1. The number of hydrogen-bond acceptors (Lipinski definition) is 8. The topological polar surface area (TPSA) is 125 Å². The van der Waals surface area contributed by atoms with Gasteiger partial charge in [-0.1, -0.05) is 24.3 Å². The monoisotopic (exact) mass is 515 g/mol. The number of amides is 1. The smallest absolute Gasteiger partial charge is 0.355 e. The van der Waals surface area contributed by atoms with E-state index in [1.807, 2.05) is 0 Å². The zero-order chi connectivity index (χ0) is 25.1. The Bertz CT molecular complexity index is 1230. The minimum absolute atomic E-state index is 0.000571. The first-order chi connectivity index (χ1) is 16.8. The van der Waals surface area contributed by atoms with E-state index in [0.29, 0.717) is 28.2 Å². The van der Waals surface area contributed by atoms with Crippen molar-refractivity contribution in [3.63, 3.8) is 0 Å². The third kappa shape index (κ3) is 5.04. The van der Waals surface area contributed by atoms with E-state index in [4.69, 9.17) is 26.8 Å². The lowest BCUT2D eigenvalue weighted by Crippen LogP contribution is -2.68. The van der Waals surface area contributed by atoms with Crippen molar-refractivity contribution in [1.82, 2.24) is 4.90 Å². The number of methoxy groups -OCH3 is 1. The van der Waals surface area contributed by atoms with Crippen LogP contribution in [0, 0.1) is 10.1 Å². The highest BCUT2D eigenvalue weighted by Gasteiger charge is 2.51. The molecule has 1 fully saturated rings. The Morgan fingerprint density at radius 1 is 1.26 bits per heavy atom. The number of nitro benzene ring substituents is 1. The number of nitrogens with two attached hydrogens (primary N) is 1. The van der Waals surface area contributed by atoms with Crippen LogP contribution in [0.5, 0.6) is 5.75 Å². The van der Waals surface area contributed by atoms with Gasteiger partial charge in [0.15, 0.2) is 0 Å². The summed E-state index contributed by atoms with van der Waals surface area (Å²) >= 11 is 7.23. The largest absolute Gasteiger partial charge is 0.497 e. The first-order valence-electron chi connectivity index (χ1n) is 10.6. The average Bonchev–Trinajstić information content (AvgIpc) is 2.89. The Balaban J connectivity index is 1.63. The number of β-lactam (4-membered cyclic amide) rings is 1. The van der Waals surface area contributed by atoms with E-state index in [1.165, 1.54) is 22.7 Å². The van der Waals surface area contributed by atoms with Crippen molar-refractivity contribution in [3.8, 4) is 5.75 Å². The summed E-state index contributed by atoms with van der Waals surface area (Å²) in [5.74, 6) is 0.171. The number of halogens is 1. The molecule has 0 spiro atoms. The van der Waals surface area contributed by atoms with Gasteiger partial charge in [0.2, 0.25) is 5.91 Å². The maximum absolute atomic E-state index is 13.1. The summed E-state index contributed by atoms with van der Waals surface area (Å²) < 4.78 is 10.6. The SMILES string of the molecule is COc1ccc(COC(=O)C2=C(/C=C/c3ccc(CCl)cc3[N+](=O)[O-])CSC3C(N)C(=O)N23)cc1. The molecule has 2 N–H and O–H groups in total. The van der Waals surface area contributed by atoms with E-state index in [0.717, 1.165) is 5.56 Å². The van der Waals surface area contributed by atoms with Gasteiger partial charge in [-0.2, -0.15) is 0 Å². The molecule has 2 aromatic rings. The highest BCUT2D eigenvalue weighted by molar-refractivity contribution is 8.00. The second-order valence-corrected chi connectivity index (χ2v) is 9.22. The lowest BCUT2D eigenvalue weighted by Gasteiger charge is -2.48. The number of hydrogen-bond donors (Lipinski definition) is 1. The van der Waals surface area contributed by atoms with Gasteiger partial charge in [-0.05, 0) is 41.0 Å². The molecule has 2 aromatic carbocycles. The molecule has 0 saturated carbocycles. The van der Waals surface area contributed by atoms with Gasteiger partial charge >= 0.3 is 5.97 Å². The lowest BCUT2D eigenvalue weighted by atomic mass is 10.0. The molecular formula is C24H22ClN3O6S. The van der Waals surface area contributed by atoms with E-state index < -0.39 is 16.9 Å². The molecule has 2 aliphatic rings. The van der Waals surface area contributed by atoms with Crippen molar-refractivity contribution in [2.24, 2.45) is 5.73 Å². The van der Waals surface area contributed by atoms with Crippen molar-refractivity contribution < 1.29 is 24.0 Å². The minimum atomic E-state index is -0.695. The van der Waals surface area contributed by atoms with Gasteiger partial charge in [0.1, 0.15) is 29.5 Å². The molecule has 11 heteroatoms. The van der Waals surface area contributed by atoms with Gasteiger partial charge in [-0.3, -0.25) is 19.8 Å². The molecule has 2 heterocycles. The van der Waals surface area contributed by atoms with Crippen molar-refractivity contribution in [2.75, 3.05) is 12.9 Å². The summed E-state index contributed by atoms with van der Waals surface area (Å²) in [6, 6.07) is 11.1. The highest BCUT2D eigenvalue weighted by Crippen LogP contribution is 2.40. The number of ether oxygens (including phenoxy) is 2. The quantitative estimate of drug-likeness (QED) is 0.186. The van der Waals surface area contributed by atoms with Gasteiger partial charge in [0.05, 0.1) is 17.6 Å². The summed E-state index contributed by atoms with van der Waals surface area (Å²) in [7, 11) is 1.56. The van der Waals surface area contributed by atoms with Gasteiger partial charge in [0, 0.05) is 17.7 Å². The second kappa shape index (κ2) is 10.5. The number of allylic oxidation sites excluding steroid dienone is 1. The fraction of sp³-hybridized carbons (Fsp3) is 0.250. The third-order valence-electron chi connectivity index (χ3n) is 5.67. The Kier molecular flexibility index (Phi) is 7.44. The fourth-order valence-electron chi connectivity index (χ4n) is 3.76. The zero-order valence-corrected chi connectivity index (χ0v) is 20.3. The first kappa shape index (κ1) is 24.8. The molecular weight excluding hydrogens is 494 g/mol. The third-order valence-corrected chi connectivity index (χ3v) is 7.30. The highest BCUT2D eigenvalue weighted by atomic mass is 35.5. The second-order valence-electron chi connectivity index (χ2n) is 7.85. The summed E-state index contributed by atoms with van der Waals surface area (Å²) in [6.45, 7) is 0.000571. The van der Waals surface area contributed by atoms with E-state index in [2.05, 4.69) is 0 Å². The molecule has 0 bridgehead atoms. The average molecular weight is 516 g/mol. The summed E-state index contributed by atoms with van der Waals surface area (Å²) in [5.41, 5.74) is 8.15. The zero-order valence-electron chi connectivity index (χ0n) is 18.7. The molecule has 182 valence electrons. The van der Waals surface area contributed by atoms with Crippen molar-refractivity contribution in [3.05, 3.63) is 86.6 Å². The molecule has 2 unspecified atom stereocenters. The van der Waals surface area contributed by atoms with Crippen molar-refractivity contribution in [2.45, 2.75) is 23.9 Å². The van der Waals surface area contributed by atoms with Gasteiger partial charge < -0.3 is 15.2 Å². The van der Waals surface area contributed by atoms with E-state index in [-0.39, 0.29) is 35.2 Å². The van der Waals surface area contributed by atoms with Gasteiger partial charge in [0.25, 0.3) is 5.69 Å². The summed E-state index contributed by atoms with van der Waals surface area (Å²) in [5, 5.41) is 11.2. The van der Waals surface area contributed by atoms with Crippen LogP contribution in [-0.2, 0) is 26.8 Å². The molecule has 2 atom stereocenters. The molecule has 0 radical (unpaired) electrons. The Hall–Kier alpha value is -3.34. The van der Waals surface area contributed by atoms with Crippen molar-refractivity contribution in [1.29, 1.82) is 0 Å². The molecule has 0 aliphatic carbocycles. The van der Waals surface area contributed by atoms with E-state index in [9.17, 15) is 19.7 Å². The normalized spacial score (nSPS) is 19.4. The lowest BCUT2D eigenvalue weighted by molar-refractivity contribution is -0.385. The first-order valence-corrected chi connectivity index (χ1v) is 12.2. The van der Waals surface area contributed by atoms with Crippen LogP contribution in [0.25, 0.3) is 6.08 Å². The number of rotatable bonds is 8. The molecule has 1 amide bonds. The van der Waals surface area contributed by atoms with Crippen LogP contribution in [0.2, 0.25) is 0 Å². The van der Waals surface area contributed by atoms with Crippen LogP contribution >= 0.6 is 23.4 Å².